The van der Waals surface area contributed by atoms with Crippen LogP contribution in [0.25, 0.3) is 20.8 Å². The van der Waals surface area contributed by atoms with Gasteiger partial charge in [-0.1, -0.05) is 25.1 Å². The minimum absolute atomic E-state index is 0.0533. The van der Waals surface area contributed by atoms with E-state index in [0.29, 0.717) is 49.4 Å². The van der Waals surface area contributed by atoms with E-state index in [-0.39, 0.29) is 5.91 Å². The van der Waals surface area contributed by atoms with Gasteiger partial charge in [0.2, 0.25) is 0 Å². The van der Waals surface area contributed by atoms with Crippen LogP contribution in [0, 0.1) is 6.92 Å². The molecule has 2 bridgehead atoms. The molecule has 1 amide bonds. The first kappa shape index (κ1) is 26.3. The average Bonchev–Trinajstić information content (AvgIpc) is 3.72. The molecule has 6 heterocycles. The number of nitrogens with one attached hydrogen (secondary N) is 1. The summed E-state index contributed by atoms with van der Waals surface area (Å²) in [6.45, 7) is 8.54. The van der Waals surface area contributed by atoms with Gasteiger partial charge in [0.05, 0.1) is 10.2 Å². The van der Waals surface area contributed by atoms with E-state index in [4.69, 9.17) is 9.97 Å². The average molecular weight is 572 g/mol. The van der Waals surface area contributed by atoms with Crippen molar-refractivity contribution >= 4 is 44.9 Å². The SMILES string of the molecule is CCN1C[C@@H]2C[C@H]1CN2c1nc(Nc2cc3nc(-c4cccc(C(=O)N5CCC(F)CC5)c4)sc3cn2)ccc1C. The number of alkyl halides is 1. The van der Waals surface area contributed by atoms with Crippen LogP contribution < -0.4 is 10.2 Å². The standard InChI is InChI=1S/C31H34FN7OS/c1-3-37-17-24-14-23(37)18-39(24)29-19(2)7-8-27(36-29)35-28-15-25-26(16-33-28)41-30(34-25)20-5-4-6-21(13-20)31(40)38-11-9-22(32)10-12-38/h4-8,13,15-16,22-24H,3,9-12,14,17-18H2,1-2H3,(H,33,35,36)/t23-,24-/m0/s1. The summed E-state index contributed by atoms with van der Waals surface area (Å²) in [4.78, 5) is 34.3. The molecule has 3 aromatic heterocycles. The molecule has 3 aliphatic rings. The number of nitrogens with zero attached hydrogens (tertiary/aromatic N) is 6. The number of thiazole rings is 1. The molecule has 0 unspecified atom stereocenters. The van der Waals surface area contributed by atoms with Gasteiger partial charge in [0.25, 0.3) is 5.91 Å². The molecule has 3 saturated heterocycles. The number of piperidine rings is 1. The predicted octanol–water partition coefficient (Wildman–Crippen LogP) is 5.66. The highest BCUT2D eigenvalue weighted by Gasteiger charge is 2.43. The molecular weight excluding hydrogens is 537 g/mol. The highest BCUT2D eigenvalue weighted by atomic mass is 32.1. The lowest BCUT2D eigenvalue weighted by atomic mass is 10.1. The summed E-state index contributed by atoms with van der Waals surface area (Å²) in [5.74, 6) is 2.46. The maximum atomic E-state index is 13.5. The summed E-state index contributed by atoms with van der Waals surface area (Å²) >= 11 is 1.55. The third kappa shape index (κ3) is 5.04. The lowest BCUT2D eigenvalue weighted by Gasteiger charge is -2.35. The Labute approximate surface area is 243 Å². The van der Waals surface area contributed by atoms with E-state index in [9.17, 15) is 9.18 Å². The molecule has 41 heavy (non-hydrogen) atoms. The van der Waals surface area contributed by atoms with Crippen molar-refractivity contribution in [3.8, 4) is 10.6 Å². The lowest BCUT2D eigenvalue weighted by molar-refractivity contribution is 0.0667. The molecule has 0 radical (unpaired) electrons. The number of likely N-dealkylation sites (N-methyl/N-ethyl adjacent to an activating group) is 1. The van der Waals surface area contributed by atoms with Gasteiger partial charge in [-0.05, 0) is 56.5 Å². The molecule has 10 heteroatoms. The summed E-state index contributed by atoms with van der Waals surface area (Å²) in [5.41, 5.74) is 3.52. The number of rotatable bonds is 6. The number of aryl methyl sites for hydroxylation is 1. The number of carbonyl (C=O) groups is 1. The van der Waals surface area contributed by atoms with E-state index >= 15 is 0 Å². The largest absolute Gasteiger partial charge is 0.350 e. The van der Waals surface area contributed by atoms with Crippen LogP contribution in [0.3, 0.4) is 0 Å². The predicted molar refractivity (Wildman–Crippen MR) is 162 cm³/mol. The number of carbonyl (C=O) groups excluding carboxylic acids is 1. The van der Waals surface area contributed by atoms with E-state index in [1.54, 1.807) is 16.2 Å². The first-order chi connectivity index (χ1) is 19.9. The smallest absolute Gasteiger partial charge is 0.253 e. The number of halogens is 1. The summed E-state index contributed by atoms with van der Waals surface area (Å²) in [6.07, 6.45) is 3.05. The van der Waals surface area contributed by atoms with Crippen molar-refractivity contribution in [2.75, 3.05) is 42.9 Å². The number of pyridine rings is 2. The van der Waals surface area contributed by atoms with Crippen molar-refractivity contribution in [3.63, 3.8) is 0 Å². The van der Waals surface area contributed by atoms with Crippen molar-refractivity contribution in [2.45, 2.75) is 51.4 Å². The molecule has 0 saturated carbocycles. The molecule has 0 spiro atoms. The van der Waals surface area contributed by atoms with Crippen LogP contribution in [0.15, 0.2) is 48.7 Å². The fourth-order valence-electron chi connectivity index (χ4n) is 6.45. The second-order valence-electron chi connectivity index (χ2n) is 11.3. The minimum atomic E-state index is -0.808. The zero-order valence-corrected chi connectivity index (χ0v) is 24.2. The fraction of sp³-hybridized carbons (Fsp3) is 0.419. The number of piperazine rings is 1. The van der Waals surface area contributed by atoms with Gasteiger partial charge in [0.1, 0.15) is 28.6 Å². The van der Waals surface area contributed by atoms with Crippen LogP contribution in [-0.4, -0.2) is 81.6 Å². The number of hydrogen-bond donors (Lipinski definition) is 1. The van der Waals surface area contributed by atoms with Gasteiger partial charge < -0.3 is 15.1 Å². The Morgan fingerprint density at radius 3 is 2.71 bits per heavy atom. The zero-order valence-electron chi connectivity index (χ0n) is 23.4. The topological polar surface area (TPSA) is 77.5 Å². The Balaban J connectivity index is 1.09. The second-order valence-corrected chi connectivity index (χ2v) is 12.4. The van der Waals surface area contributed by atoms with E-state index in [1.807, 2.05) is 42.6 Å². The third-order valence-electron chi connectivity index (χ3n) is 8.70. The monoisotopic (exact) mass is 571 g/mol. The molecular formula is C31H34FN7OS. The Kier molecular flexibility index (Phi) is 6.83. The first-order valence-electron chi connectivity index (χ1n) is 14.5. The Morgan fingerprint density at radius 2 is 1.93 bits per heavy atom. The summed E-state index contributed by atoms with van der Waals surface area (Å²) in [6, 6.07) is 14.8. The maximum Gasteiger partial charge on any atom is 0.253 e. The molecule has 3 aliphatic heterocycles. The number of benzene rings is 1. The van der Waals surface area contributed by atoms with Gasteiger partial charge in [-0.2, -0.15) is 0 Å². The first-order valence-corrected chi connectivity index (χ1v) is 15.3. The van der Waals surface area contributed by atoms with Gasteiger partial charge >= 0.3 is 0 Å². The molecule has 212 valence electrons. The summed E-state index contributed by atoms with van der Waals surface area (Å²) < 4.78 is 14.5. The van der Waals surface area contributed by atoms with Crippen LogP contribution in [0.1, 0.15) is 42.1 Å². The van der Waals surface area contributed by atoms with Gasteiger partial charge in [-0.15, -0.1) is 11.3 Å². The molecule has 1 aromatic carbocycles. The van der Waals surface area contributed by atoms with Crippen LogP contribution in [0.5, 0.6) is 0 Å². The lowest BCUT2D eigenvalue weighted by Crippen LogP contribution is -2.46. The van der Waals surface area contributed by atoms with Gasteiger partial charge in [0.15, 0.2) is 0 Å². The van der Waals surface area contributed by atoms with Crippen molar-refractivity contribution in [3.05, 3.63) is 59.8 Å². The van der Waals surface area contributed by atoms with Crippen molar-refractivity contribution in [1.82, 2.24) is 24.8 Å². The Hall–Kier alpha value is -3.63. The van der Waals surface area contributed by atoms with Gasteiger partial charge in [-0.25, -0.2) is 19.3 Å². The Morgan fingerprint density at radius 1 is 1.07 bits per heavy atom. The van der Waals surface area contributed by atoms with E-state index in [2.05, 4.69) is 40.0 Å². The number of amides is 1. The molecule has 7 rings (SSSR count). The van der Waals surface area contributed by atoms with Gasteiger partial charge in [0, 0.05) is 61.7 Å². The fourth-order valence-corrected chi connectivity index (χ4v) is 7.36. The Bertz CT molecular complexity index is 1600. The molecule has 2 atom stereocenters. The molecule has 1 N–H and O–H groups in total. The van der Waals surface area contributed by atoms with E-state index in [1.165, 1.54) is 12.0 Å². The van der Waals surface area contributed by atoms with Crippen LogP contribution in [-0.2, 0) is 0 Å². The highest BCUT2D eigenvalue weighted by Crippen LogP contribution is 2.36. The highest BCUT2D eigenvalue weighted by molar-refractivity contribution is 7.21. The van der Waals surface area contributed by atoms with Crippen molar-refractivity contribution in [1.29, 1.82) is 0 Å². The van der Waals surface area contributed by atoms with Crippen molar-refractivity contribution in [2.24, 2.45) is 0 Å². The number of hydrogen-bond acceptors (Lipinski definition) is 8. The molecule has 4 aromatic rings. The molecule has 8 nitrogen and oxygen atoms in total. The minimum Gasteiger partial charge on any atom is -0.350 e. The maximum absolute atomic E-state index is 13.5. The number of likely N-dealkylation sites (tertiary alicyclic amines) is 2. The van der Waals surface area contributed by atoms with Crippen LogP contribution >= 0.6 is 11.3 Å². The van der Waals surface area contributed by atoms with Crippen LogP contribution in [0.4, 0.5) is 21.8 Å². The molecule has 3 fully saturated rings. The molecule has 0 aliphatic carbocycles. The summed E-state index contributed by atoms with van der Waals surface area (Å²) in [7, 11) is 0. The summed E-state index contributed by atoms with van der Waals surface area (Å²) in [5, 5.41) is 4.22. The number of aromatic nitrogens is 3. The normalized spacial score (nSPS) is 21.2. The van der Waals surface area contributed by atoms with Gasteiger partial charge in [-0.3, -0.25) is 9.69 Å². The zero-order chi connectivity index (χ0) is 28.1. The van der Waals surface area contributed by atoms with Crippen molar-refractivity contribution < 1.29 is 9.18 Å². The quantitative estimate of drug-likeness (QED) is 0.320. The third-order valence-corrected chi connectivity index (χ3v) is 9.76. The second kappa shape index (κ2) is 10.6. The van der Waals surface area contributed by atoms with E-state index < -0.39 is 6.17 Å². The number of anilines is 3. The number of fused-ring (bicyclic) bond motifs is 3. The van der Waals surface area contributed by atoms with E-state index in [0.717, 1.165) is 52.1 Å². The van der Waals surface area contributed by atoms with Crippen LogP contribution in [0.2, 0.25) is 0 Å².